The Balaban J connectivity index is 0.00000341. The second-order valence-corrected chi connectivity index (χ2v) is 7.22. The number of hydrogen-bond acceptors (Lipinski definition) is 4. The predicted octanol–water partition coefficient (Wildman–Crippen LogP) is 2.98. The minimum absolute atomic E-state index is 0. The van der Waals surface area contributed by atoms with Crippen molar-refractivity contribution in [1.82, 2.24) is 15.1 Å². The van der Waals surface area contributed by atoms with E-state index in [1.807, 2.05) is 6.07 Å². The molecular formula is C22H29F2IN4O2. The minimum Gasteiger partial charge on any atom is -0.494 e. The molecule has 0 spiro atoms. The third-order valence-corrected chi connectivity index (χ3v) is 5.24. The number of rotatable bonds is 6. The quantitative estimate of drug-likeness (QED) is 0.332. The molecule has 2 N–H and O–H groups in total. The Bertz CT molecular complexity index is 890. The first-order valence-corrected chi connectivity index (χ1v) is 9.92. The van der Waals surface area contributed by atoms with Crippen LogP contribution in [0.1, 0.15) is 16.7 Å². The van der Waals surface area contributed by atoms with Gasteiger partial charge < -0.3 is 20.1 Å². The molecule has 9 heteroatoms. The van der Waals surface area contributed by atoms with E-state index in [0.29, 0.717) is 13.1 Å². The highest BCUT2D eigenvalue weighted by Crippen LogP contribution is 2.19. The number of halogens is 3. The van der Waals surface area contributed by atoms with Gasteiger partial charge in [0, 0.05) is 51.9 Å². The lowest BCUT2D eigenvalue weighted by Crippen LogP contribution is -2.52. The smallest absolute Gasteiger partial charge is 0.194 e. The number of nitrogens with zero attached hydrogens (tertiary/aromatic N) is 3. The molecule has 0 aliphatic carbocycles. The lowest BCUT2D eigenvalue weighted by atomic mass is 10.1. The molecule has 0 atom stereocenters. The summed E-state index contributed by atoms with van der Waals surface area (Å²) in [5.41, 5.74) is 2.08. The summed E-state index contributed by atoms with van der Waals surface area (Å²) >= 11 is 0. The van der Waals surface area contributed by atoms with E-state index >= 15 is 0 Å². The SMILES string of the molecule is CN=C(NCc1ccc(F)c(CO)c1)N1CCN(Cc2ccc(OC)c(F)c2)CC1.I. The first-order valence-electron chi connectivity index (χ1n) is 9.92. The van der Waals surface area contributed by atoms with Gasteiger partial charge in [0.15, 0.2) is 17.5 Å². The van der Waals surface area contributed by atoms with Crippen molar-refractivity contribution >= 4 is 29.9 Å². The highest BCUT2D eigenvalue weighted by Gasteiger charge is 2.20. The standard InChI is InChI=1S/C22H28F2N4O2.HI/c1-25-22(26-13-16-3-5-19(23)18(11-16)15-29)28-9-7-27(8-10-28)14-17-4-6-21(30-2)20(24)12-17;/h3-6,11-12,29H,7-10,13-15H2,1-2H3,(H,25,26);1H. The highest BCUT2D eigenvalue weighted by molar-refractivity contribution is 14.0. The van der Waals surface area contributed by atoms with Crippen molar-refractivity contribution in [2.24, 2.45) is 4.99 Å². The fourth-order valence-corrected chi connectivity index (χ4v) is 3.56. The van der Waals surface area contributed by atoms with E-state index in [2.05, 4.69) is 20.1 Å². The summed E-state index contributed by atoms with van der Waals surface area (Å²) < 4.78 is 32.4. The van der Waals surface area contributed by atoms with Crippen LogP contribution in [0, 0.1) is 11.6 Å². The molecule has 0 amide bonds. The first kappa shape index (κ1) is 25.3. The fraction of sp³-hybridized carbons (Fsp3) is 0.409. The number of nitrogens with one attached hydrogen (secondary N) is 1. The van der Waals surface area contributed by atoms with Crippen LogP contribution >= 0.6 is 24.0 Å². The summed E-state index contributed by atoms with van der Waals surface area (Å²) in [5, 5.41) is 12.5. The van der Waals surface area contributed by atoms with Crippen molar-refractivity contribution < 1.29 is 18.6 Å². The Morgan fingerprint density at radius 2 is 1.77 bits per heavy atom. The third kappa shape index (κ3) is 6.75. The van der Waals surface area contributed by atoms with E-state index in [9.17, 15) is 13.9 Å². The number of benzene rings is 2. The largest absolute Gasteiger partial charge is 0.494 e. The molecule has 6 nitrogen and oxygen atoms in total. The monoisotopic (exact) mass is 546 g/mol. The van der Waals surface area contributed by atoms with Gasteiger partial charge in [0.05, 0.1) is 13.7 Å². The van der Waals surface area contributed by atoms with Crippen LogP contribution < -0.4 is 10.1 Å². The van der Waals surface area contributed by atoms with Gasteiger partial charge in [-0.25, -0.2) is 8.78 Å². The molecule has 2 aromatic rings. The van der Waals surface area contributed by atoms with E-state index in [0.717, 1.165) is 43.3 Å². The van der Waals surface area contributed by atoms with Crippen LogP contribution in [0.4, 0.5) is 8.78 Å². The molecule has 0 aromatic heterocycles. The van der Waals surface area contributed by atoms with Crippen LogP contribution in [0.25, 0.3) is 0 Å². The van der Waals surface area contributed by atoms with Crippen LogP contribution in [0.3, 0.4) is 0 Å². The van der Waals surface area contributed by atoms with Gasteiger partial charge in [0.2, 0.25) is 0 Å². The normalized spacial score (nSPS) is 14.9. The lowest BCUT2D eigenvalue weighted by molar-refractivity contribution is 0.172. The molecule has 0 unspecified atom stereocenters. The number of hydrogen-bond donors (Lipinski definition) is 2. The summed E-state index contributed by atoms with van der Waals surface area (Å²) in [6.07, 6.45) is 0. The molecule has 31 heavy (non-hydrogen) atoms. The van der Waals surface area contributed by atoms with Crippen molar-refractivity contribution in [3.05, 3.63) is 64.7 Å². The molecule has 0 saturated carbocycles. The number of aliphatic imine (C=N–C) groups is 1. The second kappa shape index (κ2) is 12.2. The summed E-state index contributed by atoms with van der Waals surface area (Å²) in [5.74, 6) is 0.285. The Labute approximate surface area is 198 Å². The molecule has 0 bridgehead atoms. The molecule has 2 aromatic carbocycles. The summed E-state index contributed by atoms with van der Waals surface area (Å²) in [6, 6.07) is 9.78. The average Bonchev–Trinajstić information content (AvgIpc) is 2.76. The van der Waals surface area contributed by atoms with Gasteiger partial charge in [0.1, 0.15) is 5.82 Å². The molecule has 1 saturated heterocycles. The molecule has 1 fully saturated rings. The van der Waals surface area contributed by atoms with Crippen molar-refractivity contribution in [3.63, 3.8) is 0 Å². The van der Waals surface area contributed by atoms with Gasteiger partial charge >= 0.3 is 0 Å². The number of aliphatic hydroxyl groups excluding tert-OH is 1. The summed E-state index contributed by atoms with van der Waals surface area (Å²) in [4.78, 5) is 8.80. The summed E-state index contributed by atoms with van der Waals surface area (Å²) in [6.45, 7) is 4.10. The van der Waals surface area contributed by atoms with Crippen LogP contribution in [0.15, 0.2) is 41.4 Å². The number of piperazine rings is 1. The number of aliphatic hydroxyl groups is 1. The maximum atomic E-state index is 13.9. The number of guanidine groups is 1. The zero-order valence-corrected chi connectivity index (χ0v) is 20.1. The van der Waals surface area contributed by atoms with Crippen molar-refractivity contribution in [3.8, 4) is 5.75 Å². The third-order valence-electron chi connectivity index (χ3n) is 5.24. The zero-order valence-electron chi connectivity index (χ0n) is 17.8. The van der Waals surface area contributed by atoms with Gasteiger partial charge in [-0.3, -0.25) is 9.89 Å². The van der Waals surface area contributed by atoms with E-state index in [4.69, 9.17) is 4.74 Å². The van der Waals surface area contributed by atoms with Crippen molar-refractivity contribution in [1.29, 1.82) is 0 Å². The van der Waals surface area contributed by atoms with Crippen LogP contribution in [-0.4, -0.2) is 61.2 Å². The molecule has 1 heterocycles. The molecule has 170 valence electrons. The topological polar surface area (TPSA) is 60.3 Å². The van der Waals surface area contributed by atoms with Gasteiger partial charge in [0.25, 0.3) is 0 Å². The van der Waals surface area contributed by atoms with Gasteiger partial charge in [-0.2, -0.15) is 0 Å². The maximum absolute atomic E-state index is 13.9. The van der Waals surface area contributed by atoms with Crippen LogP contribution in [0.2, 0.25) is 0 Å². The van der Waals surface area contributed by atoms with Crippen LogP contribution in [0.5, 0.6) is 5.75 Å². The molecule has 1 aliphatic rings. The molecule has 0 radical (unpaired) electrons. The molecule has 1 aliphatic heterocycles. The van der Waals surface area contributed by atoms with Gasteiger partial charge in [-0.15, -0.1) is 24.0 Å². The Hall–Kier alpha value is -1.98. The van der Waals surface area contributed by atoms with E-state index < -0.39 is 5.82 Å². The van der Waals surface area contributed by atoms with Crippen molar-refractivity contribution in [2.75, 3.05) is 40.3 Å². The fourth-order valence-electron chi connectivity index (χ4n) is 3.56. The molecular weight excluding hydrogens is 517 g/mol. The van der Waals surface area contributed by atoms with Gasteiger partial charge in [-0.1, -0.05) is 12.1 Å². The van der Waals surface area contributed by atoms with Gasteiger partial charge in [-0.05, 0) is 35.4 Å². The number of ether oxygens (including phenoxy) is 1. The molecule has 3 rings (SSSR count). The predicted molar refractivity (Wildman–Crippen MR) is 128 cm³/mol. The Morgan fingerprint density at radius 1 is 1.06 bits per heavy atom. The van der Waals surface area contributed by atoms with E-state index in [1.54, 1.807) is 25.2 Å². The Morgan fingerprint density at radius 3 is 2.39 bits per heavy atom. The van der Waals surface area contributed by atoms with Crippen LogP contribution in [-0.2, 0) is 19.7 Å². The first-order chi connectivity index (χ1) is 14.5. The minimum atomic E-state index is -0.404. The highest BCUT2D eigenvalue weighted by atomic mass is 127. The van der Waals surface area contributed by atoms with E-state index in [1.165, 1.54) is 19.2 Å². The zero-order chi connectivity index (χ0) is 21.5. The van der Waals surface area contributed by atoms with E-state index in [-0.39, 0.29) is 47.7 Å². The summed E-state index contributed by atoms with van der Waals surface area (Å²) in [7, 11) is 3.19. The lowest BCUT2D eigenvalue weighted by Gasteiger charge is -2.36. The second-order valence-electron chi connectivity index (χ2n) is 7.22. The van der Waals surface area contributed by atoms with Crippen molar-refractivity contribution in [2.45, 2.75) is 19.7 Å². The number of methoxy groups -OCH3 is 1. The average molecular weight is 546 g/mol. The maximum Gasteiger partial charge on any atom is 0.194 e. The Kier molecular flexibility index (Phi) is 9.92.